The molecule has 2 bridgehead atoms. The average molecular weight is 520 g/mol. The average Bonchev–Trinajstić information content (AvgIpc) is 3.20. The van der Waals surface area contributed by atoms with Crippen molar-refractivity contribution in [2.75, 3.05) is 44.7 Å². The van der Waals surface area contributed by atoms with E-state index in [4.69, 9.17) is 9.84 Å². The standard InChI is InChI=1S/C28H37N7O3/c1-18-12-25-24(26-14-20(27(36)30-25)16-29-35(26)21-4-10-38-11-5-21)15-23(18)28(37)34-8-6-33(7-9-34)17-22-13-19(2)31-32(22)3/h12-13,15-16,20-21,26H,4-11,14,17H2,1-3H3,(H,30,36). The lowest BCUT2D eigenvalue weighted by molar-refractivity contribution is -0.118. The molecule has 4 aliphatic heterocycles. The van der Waals surface area contributed by atoms with Crippen molar-refractivity contribution >= 4 is 23.7 Å². The molecule has 1 aromatic heterocycles. The lowest BCUT2D eigenvalue weighted by atomic mass is 9.90. The number of hydrazone groups is 1. The number of aromatic nitrogens is 2. The first-order valence-corrected chi connectivity index (χ1v) is 13.7. The van der Waals surface area contributed by atoms with Gasteiger partial charge in [0, 0.05) is 76.0 Å². The highest BCUT2D eigenvalue weighted by atomic mass is 16.5. The summed E-state index contributed by atoms with van der Waals surface area (Å²) in [6, 6.07) is 6.35. The lowest BCUT2D eigenvalue weighted by Gasteiger charge is -2.40. The van der Waals surface area contributed by atoms with Crippen molar-refractivity contribution in [3.63, 3.8) is 0 Å². The second-order valence-electron chi connectivity index (χ2n) is 11.1. The summed E-state index contributed by atoms with van der Waals surface area (Å²) in [7, 11) is 1.98. The molecule has 0 spiro atoms. The van der Waals surface area contributed by atoms with Crippen molar-refractivity contribution in [3.05, 3.63) is 46.3 Å². The van der Waals surface area contributed by atoms with Crippen LogP contribution in [0.1, 0.15) is 58.2 Å². The topological polar surface area (TPSA) is 95.3 Å². The molecule has 2 fully saturated rings. The maximum atomic E-state index is 13.8. The van der Waals surface area contributed by atoms with E-state index >= 15 is 0 Å². The molecule has 2 unspecified atom stereocenters. The predicted octanol–water partition coefficient (Wildman–Crippen LogP) is 2.47. The first kappa shape index (κ1) is 25.1. The lowest BCUT2D eigenvalue weighted by Crippen LogP contribution is -2.48. The molecule has 2 aromatic rings. The Morgan fingerprint density at radius 1 is 1.11 bits per heavy atom. The molecule has 1 N–H and O–H groups in total. The van der Waals surface area contributed by atoms with Crippen LogP contribution < -0.4 is 5.32 Å². The molecule has 10 heteroatoms. The quantitative estimate of drug-likeness (QED) is 0.667. The van der Waals surface area contributed by atoms with Crippen LogP contribution >= 0.6 is 0 Å². The first-order chi connectivity index (χ1) is 18.4. The minimum absolute atomic E-state index is 0.0256. The highest BCUT2D eigenvalue weighted by Gasteiger charge is 2.39. The Morgan fingerprint density at radius 3 is 2.58 bits per heavy atom. The largest absolute Gasteiger partial charge is 0.381 e. The number of ether oxygens (including phenoxy) is 1. The van der Waals surface area contributed by atoms with E-state index in [1.165, 1.54) is 5.69 Å². The summed E-state index contributed by atoms with van der Waals surface area (Å²) in [4.78, 5) is 31.0. The maximum Gasteiger partial charge on any atom is 0.254 e. The predicted molar refractivity (Wildman–Crippen MR) is 144 cm³/mol. The Labute approximate surface area is 223 Å². The molecule has 5 heterocycles. The molecule has 0 aliphatic carbocycles. The van der Waals surface area contributed by atoms with Gasteiger partial charge in [-0.2, -0.15) is 10.2 Å². The summed E-state index contributed by atoms with van der Waals surface area (Å²) in [6.07, 6.45) is 4.28. The zero-order chi connectivity index (χ0) is 26.4. The molecule has 0 radical (unpaired) electrons. The first-order valence-electron chi connectivity index (χ1n) is 13.7. The number of amides is 2. The summed E-state index contributed by atoms with van der Waals surface area (Å²) in [5.41, 5.74) is 5.61. The second-order valence-corrected chi connectivity index (χ2v) is 11.1. The van der Waals surface area contributed by atoms with Crippen molar-refractivity contribution < 1.29 is 14.3 Å². The van der Waals surface area contributed by atoms with E-state index < -0.39 is 0 Å². The van der Waals surface area contributed by atoms with Crippen molar-refractivity contribution in [1.29, 1.82) is 0 Å². The zero-order valence-electron chi connectivity index (χ0n) is 22.5. The number of hydrogen-bond acceptors (Lipinski definition) is 7. The van der Waals surface area contributed by atoms with Crippen molar-refractivity contribution in [1.82, 2.24) is 24.6 Å². The fourth-order valence-electron chi connectivity index (χ4n) is 6.28. The molecular weight excluding hydrogens is 482 g/mol. The number of carbonyl (C=O) groups excluding carboxylic acids is 2. The van der Waals surface area contributed by atoms with E-state index in [1.54, 1.807) is 6.21 Å². The van der Waals surface area contributed by atoms with Gasteiger partial charge in [-0.25, -0.2) is 0 Å². The zero-order valence-corrected chi connectivity index (χ0v) is 22.5. The molecule has 202 valence electrons. The van der Waals surface area contributed by atoms with Crippen LogP contribution in [0.4, 0.5) is 5.69 Å². The smallest absolute Gasteiger partial charge is 0.254 e. The van der Waals surface area contributed by atoms with Crippen LogP contribution in [-0.4, -0.2) is 88.1 Å². The molecule has 4 aliphatic rings. The van der Waals surface area contributed by atoms with Gasteiger partial charge in [-0.3, -0.25) is 24.2 Å². The second kappa shape index (κ2) is 10.1. The van der Waals surface area contributed by atoms with Gasteiger partial charge in [0.15, 0.2) is 0 Å². The summed E-state index contributed by atoms with van der Waals surface area (Å²) in [5, 5.41) is 14.5. The van der Waals surface area contributed by atoms with E-state index in [0.717, 1.165) is 68.2 Å². The number of aryl methyl sites for hydroxylation is 3. The molecule has 10 nitrogen and oxygen atoms in total. The number of nitrogens with zero attached hydrogens (tertiary/aromatic N) is 6. The maximum absolute atomic E-state index is 13.8. The molecule has 2 saturated heterocycles. The molecule has 2 amide bonds. The molecule has 6 rings (SSSR count). The number of piperazine rings is 1. The highest BCUT2D eigenvalue weighted by Crippen LogP contribution is 2.42. The number of anilines is 1. The Balaban J connectivity index is 1.22. The van der Waals surface area contributed by atoms with Gasteiger partial charge in [0.1, 0.15) is 0 Å². The number of carbonyl (C=O) groups is 2. The van der Waals surface area contributed by atoms with E-state index in [0.29, 0.717) is 25.1 Å². The van der Waals surface area contributed by atoms with Crippen LogP contribution in [0.5, 0.6) is 0 Å². The summed E-state index contributed by atoms with van der Waals surface area (Å²) in [5.74, 6) is -0.230. The van der Waals surface area contributed by atoms with E-state index in [2.05, 4.69) is 26.4 Å². The van der Waals surface area contributed by atoms with Gasteiger partial charge in [0.2, 0.25) is 5.91 Å². The number of nitrogens with one attached hydrogen (secondary N) is 1. The Morgan fingerprint density at radius 2 is 1.87 bits per heavy atom. The minimum Gasteiger partial charge on any atom is -0.381 e. The third-order valence-corrected chi connectivity index (χ3v) is 8.47. The minimum atomic E-state index is -0.265. The summed E-state index contributed by atoms with van der Waals surface area (Å²) < 4.78 is 7.52. The van der Waals surface area contributed by atoms with Crippen LogP contribution in [0.15, 0.2) is 23.3 Å². The van der Waals surface area contributed by atoms with E-state index in [1.807, 2.05) is 42.6 Å². The summed E-state index contributed by atoms with van der Waals surface area (Å²) >= 11 is 0. The molecule has 38 heavy (non-hydrogen) atoms. The normalized spacial score (nSPS) is 24.2. The van der Waals surface area contributed by atoms with Crippen LogP contribution in [0, 0.1) is 19.8 Å². The number of hydrogen-bond donors (Lipinski definition) is 1. The van der Waals surface area contributed by atoms with Gasteiger partial charge in [-0.1, -0.05) is 0 Å². The van der Waals surface area contributed by atoms with Gasteiger partial charge in [-0.15, -0.1) is 0 Å². The van der Waals surface area contributed by atoms with Crippen LogP contribution in [0.2, 0.25) is 0 Å². The highest BCUT2D eigenvalue weighted by molar-refractivity contribution is 6.04. The van der Waals surface area contributed by atoms with Gasteiger partial charge in [-0.05, 0) is 56.9 Å². The van der Waals surface area contributed by atoms with Gasteiger partial charge >= 0.3 is 0 Å². The van der Waals surface area contributed by atoms with Crippen LogP contribution in [0.3, 0.4) is 0 Å². The SMILES string of the molecule is Cc1cc(CN2CCN(C(=O)c3cc4c(cc3C)NC(=O)C3C=NN(C5CCOCC5)C4C3)CC2)n(C)n1. The van der Waals surface area contributed by atoms with Crippen molar-refractivity contribution in [3.8, 4) is 0 Å². The number of fused-ring (bicyclic) bond motifs is 4. The summed E-state index contributed by atoms with van der Waals surface area (Å²) in [6.45, 7) is 9.28. The Kier molecular flexibility index (Phi) is 6.69. The van der Waals surface area contributed by atoms with Gasteiger partial charge < -0.3 is 15.0 Å². The van der Waals surface area contributed by atoms with Crippen LogP contribution in [0.25, 0.3) is 0 Å². The van der Waals surface area contributed by atoms with E-state index in [9.17, 15) is 9.59 Å². The van der Waals surface area contributed by atoms with Crippen molar-refractivity contribution in [2.24, 2.45) is 18.1 Å². The molecule has 1 aromatic carbocycles. The van der Waals surface area contributed by atoms with E-state index in [-0.39, 0.29) is 29.8 Å². The van der Waals surface area contributed by atoms with Gasteiger partial charge in [0.05, 0.1) is 29.4 Å². The third-order valence-electron chi connectivity index (χ3n) is 8.47. The fourth-order valence-corrected chi connectivity index (χ4v) is 6.28. The number of benzene rings is 1. The molecular formula is C28H37N7O3. The van der Waals surface area contributed by atoms with Gasteiger partial charge in [0.25, 0.3) is 5.91 Å². The van der Waals surface area contributed by atoms with Crippen molar-refractivity contribution in [2.45, 2.75) is 51.7 Å². The molecule has 2 atom stereocenters. The monoisotopic (exact) mass is 519 g/mol. The third kappa shape index (κ3) is 4.71. The molecule has 0 saturated carbocycles. The Hall–Kier alpha value is -3.24. The fraction of sp³-hybridized carbons (Fsp3) is 0.571. The number of rotatable bonds is 4. The van der Waals surface area contributed by atoms with Crippen LogP contribution in [-0.2, 0) is 23.1 Å². The Bertz CT molecular complexity index is 1260.